The summed E-state index contributed by atoms with van der Waals surface area (Å²) in [6.45, 7) is 5.86. The van der Waals surface area contributed by atoms with Crippen LogP contribution in [0.4, 0.5) is 5.13 Å². The maximum Gasteiger partial charge on any atom is 0.180 e. The van der Waals surface area contributed by atoms with Gasteiger partial charge in [0.1, 0.15) is 0 Å². The van der Waals surface area contributed by atoms with Crippen molar-refractivity contribution in [2.75, 3.05) is 38.6 Å². The lowest BCUT2D eigenvalue weighted by Gasteiger charge is -2.48. The van der Waals surface area contributed by atoms with E-state index in [1.807, 2.05) is 6.20 Å². The third-order valence-corrected chi connectivity index (χ3v) is 5.62. The van der Waals surface area contributed by atoms with Crippen molar-refractivity contribution >= 4 is 16.5 Å². The first kappa shape index (κ1) is 15.2. The fourth-order valence-electron chi connectivity index (χ4n) is 3.68. The predicted molar refractivity (Wildman–Crippen MR) is 86.4 cm³/mol. The molecule has 2 heterocycles. The van der Waals surface area contributed by atoms with Crippen LogP contribution in [-0.2, 0) is 11.3 Å². The molecule has 1 aliphatic heterocycles. The first-order valence-corrected chi connectivity index (χ1v) is 8.84. The Hall–Kier alpha value is -0.690. The Morgan fingerprint density at radius 2 is 2.05 bits per heavy atom. The van der Waals surface area contributed by atoms with E-state index in [1.165, 1.54) is 37.0 Å². The summed E-state index contributed by atoms with van der Waals surface area (Å²) in [7, 11) is 0. The molecule has 0 unspecified atom stereocenters. The molecule has 6 heteroatoms. The summed E-state index contributed by atoms with van der Waals surface area (Å²) in [4.78, 5) is 8.01. The highest BCUT2D eigenvalue weighted by Crippen LogP contribution is 2.34. The van der Waals surface area contributed by atoms with Crippen LogP contribution in [0.25, 0.3) is 0 Å². The van der Waals surface area contributed by atoms with E-state index in [1.54, 1.807) is 11.3 Å². The summed E-state index contributed by atoms with van der Waals surface area (Å²) >= 11 is 1.58. The Morgan fingerprint density at radius 3 is 2.71 bits per heavy atom. The molecule has 0 amide bonds. The minimum Gasteiger partial charge on any atom is -0.379 e. The third kappa shape index (κ3) is 3.74. The van der Waals surface area contributed by atoms with Gasteiger partial charge in [0.2, 0.25) is 0 Å². The molecular formula is C15H26N4OS. The zero-order valence-corrected chi connectivity index (χ0v) is 13.5. The number of rotatable bonds is 5. The maximum atomic E-state index is 5.69. The average molecular weight is 310 g/mol. The number of morpholine rings is 1. The van der Waals surface area contributed by atoms with Gasteiger partial charge in [-0.25, -0.2) is 4.98 Å². The molecule has 1 aliphatic carbocycles. The number of nitrogens with zero attached hydrogens (tertiary/aromatic N) is 2. The highest BCUT2D eigenvalue weighted by Gasteiger charge is 2.38. The van der Waals surface area contributed by atoms with Crippen molar-refractivity contribution in [1.29, 1.82) is 0 Å². The van der Waals surface area contributed by atoms with E-state index in [-0.39, 0.29) is 0 Å². The first-order chi connectivity index (χ1) is 10.3. The van der Waals surface area contributed by atoms with Crippen molar-refractivity contribution in [3.8, 4) is 0 Å². The van der Waals surface area contributed by atoms with E-state index in [2.05, 4.69) is 15.2 Å². The largest absolute Gasteiger partial charge is 0.379 e. The van der Waals surface area contributed by atoms with E-state index in [0.717, 1.165) is 39.4 Å². The molecule has 0 aromatic carbocycles. The number of ether oxygens (including phenoxy) is 1. The number of aromatic nitrogens is 1. The Balaban J connectivity index is 1.59. The van der Waals surface area contributed by atoms with Gasteiger partial charge in [-0.2, -0.15) is 0 Å². The summed E-state index contributed by atoms with van der Waals surface area (Å²) in [5.74, 6) is 0. The number of nitrogens with one attached hydrogen (secondary N) is 1. The molecule has 1 saturated heterocycles. The summed E-state index contributed by atoms with van der Waals surface area (Å²) < 4.78 is 5.53. The molecular weight excluding hydrogens is 284 g/mol. The topological polar surface area (TPSA) is 63.4 Å². The average Bonchev–Trinajstić information content (AvgIpc) is 2.95. The van der Waals surface area contributed by atoms with E-state index in [0.29, 0.717) is 10.7 Å². The molecule has 1 aromatic heterocycles. The number of hydrogen-bond donors (Lipinski definition) is 2. The van der Waals surface area contributed by atoms with Crippen LogP contribution >= 0.6 is 11.3 Å². The van der Waals surface area contributed by atoms with Crippen LogP contribution in [0.15, 0.2) is 6.20 Å². The SMILES string of the molecule is Nc1ncc(CNCC2(N3CCOCC3)CCCCC2)s1. The number of nitrogens with two attached hydrogens (primary N) is 1. The van der Waals surface area contributed by atoms with Gasteiger partial charge in [-0.05, 0) is 12.8 Å². The van der Waals surface area contributed by atoms with Crippen molar-refractivity contribution in [2.45, 2.75) is 44.2 Å². The molecule has 3 rings (SSSR count). The molecule has 0 spiro atoms. The highest BCUT2D eigenvalue weighted by molar-refractivity contribution is 7.15. The Labute approximate surface area is 130 Å². The van der Waals surface area contributed by atoms with Crippen molar-refractivity contribution < 1.29 is 4.74 Å². The van der Waals surface area contributed by atoms with E-state index in [9.17, 15) is 0 Å². The van der Waals surface area contributed by atoms with Gasteiger partial charge >= 0.3 is 0 Å². The summed E-state index contributed by atoms with van der Waals surface area (Å²) in [5, 5.41) is 4.31. The van der Waals surface area contributed by atoms with Crippen molar-refractivity contribution in [3.05, 3.63) is 11.1 Å². The van der Waals surface area contributed by atoms with Gasteiger partial charge in [0.25, 0.3) is 0 Å². The monoisotopic (exact) mass is 310 g/mol. The Kier molecular flexibility index (Phi) is 5.11. The fourth-order valence-corrected chi connectivity index (χ4v) is 4.33. The van der Waals surface area contributed by atoms with E-state index < -0.39 is 0 Å². The van der Waals surface area contributed by atoms with Crippen molar-refractivity contribution in [3.63, 3.8) is 0 Å². The quantitative estimate of drug-likeness (QED) is 0.869. The van der Waals surface area contributed by atoms with Crippen molar-refractivity contribution in [2.24, 2.45) is 0 Å². The number of anilines is 1. The third-order valence-electron chi connectivity index (χ3n) is 4.79. The zero-order chi connectivity index (χ0) is 14.5. The predicted octanol–water partition coefficient (Wildman–Crippen LogP) is 1.85. The van der Waals surface area contributed by atoms with Gasteiger partial charge in [-0.1, -0.05) is 19.3 Å². The van der Waals surface area contributed by atoms with Crippen LogP contribution in [0.5, 0.6) is 0 Å². The summed E-state index contributed by atoms with van der Waals surface area (Å²) in [5.41, 5.74) is 6.03. The molecule has 1 aromatic rings. The molecule has 0 atom stereocenters. The second-order valence-corrected chi connectivity index (χ2v) is 7.30. The van der Waals surface area contributed by atoms with Gasteiger partial charge in [-0.15, -0.1) is 11.3 Å². The van der Waals surface area contributed by atoms with Crippen LogP contribution in [0.2, 0.25) is 0 Å². The minimum absolute atomic E-state index is 0.332. The Morgan fingerprint density at radius 1 is 1.29 bits per heavy atom. The molecule has 0 radical (unpaired) electrons. The molecule has 2 fully saturated rings. The summed E-state index contributed by atoms with van der Waals surface area (Å²) in [6.07, 6.45) is 8.60. The molecule has 0 bridgehead atoms. The highest BCUT2D eigenvalue weighted by atomic mass is 32.1. The van der Waals surface area contributed by atoms with Gasteiger partial charge in [-0.3, -0.25) is 4.90 Å². The minimum atomic E-state index is 0.332. The standard InChI is InChI=1S/C15H26N4OS/c16-14-18-11-13(21-14)10-17-12-15(4-2-1-3-5-15)19-6-8-20-9-7-19/h11,17H,1-10,12H2,(H2,16,18). The molecule has 1 saturated carbocycles. The maximum absolute atomic E-state index is 5.69. The fraction of sp³-hybridized carbons (Fsp3) is 0.800. The summed E-state index contributed by atoms with van der Waals surface area (Å²) in [6, 6.07) is 0. The number of nitrogen functional groups attached to an aromatic ring is 1. The molecule has 21 heavy (non-hydrogen) atoms. The Bertz CT molecular complexity index is 439. The molecule has 3 N–H and O–H groups in total. The smallest absolute Gasteiger partial charge is 0.180 e. The van der Waals surface area contributed by atoms with E-state index >= 15 is 0 Å². The lowest BCUT2D eigenvalue weighted by molar-refractivity contribution is -0.0369. The van der Waals surface area contributed by atoms with Gasteiger partial charge in [0.15, 0.2) is 5.13 Å². The second kappa shape index (κ2) is 7.05. The number of hydrogen-bond acceptors (Lipinski definition) is 6. The van der Waals surface area contributed by atoms with Crippen LogP contribution in [-0.4, -0.2) is 48.3 Å². The normalized spacial score (nSPS) is 23.2. The molecule has 118 valence electrons. The molecule has 2 aliphatic rings. The van der Waals surface area contributed by atoms with Crippen LogP contribution in [0.1, 0.15) is 37.0 Å². The molecule has 5 nitrogen and oxygen atoms in total. The van der Waals surface area contributed by atoms with Crippen LogP contribution in [0.3, 0.4) is 0 Å². The van der Waals surface area contributed by atoms with Gasteiger partial charge < -0.3 is 15.8 Å². The zero-order valence-electron chi connectivity index (χ0n) is 12.6. The van der Waals surface area contributed by atoms with Gasteiger partial charge in [0, 0.05) is 42.8 Å². The lowest BCUT2D eigenvalue weighted by Crippen LogP contribution is -2.59. The van der Waals surface area contributed by atoms with Crippen LogP contribution < -0.4 is 11.1 Å². The van der Waals surface area contributed by atoms with Gasteiger partial charge in [0.05, 0.1) is 13.2 Å². The van der Waals surface area contributed by atoms with E-state index in [4.69, 9.17) is 10.5 Å². The first-order valence-electron chi connectivity index (χ1n) is 8.02. The lowest BCUT2D eigenvalue weighted by atomic mass is 9.79. The van der Waals surface area contributed by atoms with Crippen LogP contribution in [0, 0.1) is 0 Å². The number of thiazole rings is 1. The van der Waals surface area contributed by atoms with Crippen molar-refractivity contribution in [1.82, 2.24) is 15.2 Å². The second-order valence-electron chi connectivity index (χ2n) is 6.15.